The fourth-order valence-electron chi connectivity index (χ4n) is 2.92. The molecule has 0 amide bonds. The van der Waals surface area contributed by atoms with Crippen LogP contribution in [0.3, 0.4) is 0 Å². The summed E-state index contributed by atoms with van der Waals surface area (Å²) in [5.41, 5.74) is 1.43. The Morgan fingerprint density at radius 2 is 1.79 bits per heavy atom. The first-order valence-electron chi connectivity index (χ1n) is 9.46. The van der Waals surface area contributed by atoms with E-state index in [1.807, 2.05) is 6.07 Å². The molecule has 0 aliphatic carbocycles. The molecule has 0 saturated carbocycles. The minimum absolute atomic E-state index is 0.0171. The monoisotopic (exact) mass is 392 g/mol. The van der Waals surface area contributed by atoms with Gasteiger partial charge in [0.05, 0.1) is 26.4 Å². The van der Waals surface area contributed by atoms with E-state index in [1.54, 1.807) is 32.9 Å². The van der Waals surface area contributed by atoms with Gasteiger partial charge < -0.3 is 19.3 Å². The molecule has 28 heavy (non-hydrogen) atoms. The summed E-state index contributed by atoms with van der Waals surface area (Å²) in [7, 11) is 0. The highest BCUT2D eigenvalue weighted by atomic mass is 16.6. The lowest BCUT2D eigenvalue weighted by molar-refractivity contribution is -0.157. The van der Waals surface area contributed by atoms with Gasteiger partial charge in [-0.3, -0.25) is 19.5 Å². The molecule has 0 unspecified atom stereocenters. The molecule has 1 saturated heterocycles. The number of carbonyl (C=O) groups excluding carboxylic acids is 2. The van der Waals surface area contributed by atoms with Gasteiger partial charge in [-0.1, -0.05) is 6.07 Å². The lowest BCUT2D eigenvalue weighted by Crippen LogP contribution is -2.35. The number of rotatable bonds is 8. The van der Waals surface area contributed by atoms with Crippen LogP contribution in [0, 0.1) is 5.92 Å². The van der Waals surface area contributed by atoms with E-state index in [0.717, 1.165) is 18.7 Å². The van der Waals surface area contributed by atoms with E-state index >= 15 is 0 Å². The summed E-state index contributed by atoms with van der Waals surface area (Å²) >= 11 is 0. The summed E-state index contributed by atoms with van der Waals surface area (Å²) < 4.78 is 15.3. The number of esters is 2. The fourth-order valence-corrected chi connectivity index (χ4v) is 2.92. The van der Waals surface area contributed by atoms with Gasteiger partial charge in [-0.05, 0) is 38.5 Å². The average Bonchev–Trinajstić information content (AvgIpc) is 2.65. The third-order valence-electron chi connectivity index (χ3n) is 4.31. The van der Waals surface area contributed by atoms with Crippen LogP contribution < -0.4 is 0 Å². The number of aliphatic imine (C=N–C) groups is 1. The highest BCUT2D eigenvalue weighted by molar-refractivity contribution is 6.16. The molecule has 1 N–H and O–H groups in total. The van der Waals surface area contributed by atoms with E-state index in [4.69, 9.17) is 14.2 Å². The average molecular weight is 392 g/mol. The maximum absolute atomic E-state index is 12.2. The molecule has 0 bridgehead atoms. The van der Waals surface area contributed by atoms with E-state index in [1.165, 1.54) is 0 Å². The number of ether oxygens (including phenoxy) is 3. The molecule has 0 atom stereocenters. The number of benzene rings is 1. The molecule has 1 fully saturated rings. The van der Waals surface area contributed by atoms with E-state index in [0.29, 0.717) is 19.8 Å². The van der Waals surface area contributed by atoms with Crippen LogP contribution in [-0.4, -0.2) is 67.2 Å². The predicted octanol–water partition coefficient (Wildman–Crippen LogP) is 2.06. The van der Waals surface area contributed by atoms with Crippen molar-refractivity contribution in [1.82, 2.24) is 4.90 Å². The molecule has 0 spiro atoms. The van der Waals surface area contributed by atoms with Crippen molar-refractivity contribution in [3.8, 4) is 5.75 Å². The summed E-state index contributed by atoms with van der Waals surface area (Å²) in [5.74, 6) is -2.71. The van der Waals surface area contributed by atoms with E-state index in [-0.39, 0.29) is 30.4 Å². The maximum atomic E-state index is 12.2. The Hall–Kier alpha value is -2.45. The second-order valence-corrected chi connectivity index (χ2v) is 6.40. The van der Waals surface area contributed by atoms with E-state index in [9.17, 15) is 14.7 Å². The van der Waals surface area contributed by atoms with E-state index in [2.05, 4.69) is 9.89 Å². The van der Waals surface area contributed by atoms with Gasteiger partial charge in [0.2, 0.25) is 0 Å². The number of hydrogen-bond donors (Lipinski definition) is 1. The van der Waals surface area contributed by atoms with Crippen LogP contribution in [0.1, 0.15) is 26.3 Å². The lowest BCUT2D eigenvalue weighted by atomic mass is 10.0. The Bertz CT molecular complexity index is 695. The Morgan fingerprint density at radius 1 is 1.18 bits per heavy atom. The molecule has 1 aliphatic rings. The van der Waals surface area contributed by atoms with Crippen LogP contribution in [0.15, 0.2) is 23.2 Å². The van der Waals surface area contributed by atoms with Crippen LogP contribution >= 0.6 is 0 Å². The van der Waals surface area contributed by atoms with Crippen molar-refractivity contribution in [1.29, 1.82) is 0 Å². The van der Waals surface area contributed by atoms with Gasteiger partial charge in [-0.15, -0.1) is 0 Å². The van der Waals surface area contributed by atoms with Gasteiger partial charge in [-0.25, -0.2) is 0 Å². The number of aromatic hydroxyl groups is 1. The van der Waals surface area contributed by atoms with Crippen molar-refractivity contribution in [2.45, 2.75) is 27.3 Å². The molecule has 1 aromatic carbocycles. The largest absolute Gasteiger partial charge is 0.506 e. The van der Waals surface area contributed by atoms with Crippen molar-refractivity contribution in [3.63, 3.8) is 0 Å². The number of hydrogen-bond acceptors (Lipinski definition) is 8. The fraction of sp³-hybridized carbons (Fsp3) is 0.550. The summed E-state index contributed by atoms with van der Waals surface area (Å²) in [6.07, 6.45) is 0. The Labute approximate surface area is 165 Å². The van der Waals surface area contributed by atoms with Crippen molar-refractivity contribution < 1.29 is 28.9 Å². The standard InChI is InChI=1S/C20H28N2O6/c1-4-27-19(24)18(20(25)28-5-2)14(3)21-16-7-6-15(12-17(16)23)13-22-8-10-26-11-9-22/h6-7,12,18,23H,4-5,8-11,13H2,1-3H3. The topological polar surface area (TPSA) is 97.7 Å². The number of phenolic OH excluding ortho intramolecular Hbond substituents is 1. The summed E-state index contributed by atoms with van der Waals surface area (Å²) in [6, 6.07) is 5.18. The molecular weight excluding hydrogens is 364 g/mol. The quantitative estimate of drug-likeness (QED) is 0.411. The molecule has 8 heteroatoms. The normalized spacial score (nSPS) is 15.5. The second-order valence-electron chi connectivity index (χ2n) is 6.40. The third kappa shape index (κ3) is 6.03. The molecule has 2 rings (SSSR count). The number of nitrogens with zero attached hydrogens (tertiary/aromatic N) is 2. The zero-order valence-corrected chi connectivity index (χ0v) is 16.6. The Morgan fingerprint density at radius 3 is 2.32 bits per heavy atom. The third-order valence-corrected chi connectivity index (χ3v) is 4.31. The van der Waals surface area contributed by atoms with Crippen LogP contribution in [-0.2, 0) is 30.3 Å². The summed E-state index contributed by atoms with van der Waals surface area (Å²) in [6.45, 7) is 8.95. The molecule has 0 radical (unpaired) electrons. The summed E-state index contributed by atoms with van der Waals surface area (Å²) in [4.78, 5) is 30.9. The number of carbonyl (C=O) groups is 2. The van der Waals surface area contributed by atoms with Gasteiger partial charge in [0.15, 0.2) is 5.92 Å². The van der Waals surface area contributed by atoms with Gasteiger partial charge in [0.1, 0.15) is 11.4 Å². The van der Waals surface area contributed by atoms with Crippen LogP contribution in [0.2, 0.25) is 0 Å². The minimum Gasteiger partial charge on any atom is -0.506 e. The van der Waals surface area contributed by atoms with Crippen LogP contribution in [0.4, 0.5) is 5.69 Å². The van der Waals surface area contributed by atoms with Crippen LogP contribution in [0.5, 0.6) is 5.75 Å². The molecule has 8 nitrogen and oxygen atoms in total. The highest BCUT2D eigenvalue weighted by Gasteiger charge is 2.32. The molecule has 1 heterocycles. The highest BCUT2D eigenvalue weighted by Crippen LogP contribution is 2.29. The molecule has 1 aliphatic heterocycles. The van der Waals surface area contributed by atoms with Gasteiger partial charge in [0, 0.05) is 25.3 Å². The Balaban J connectivity index is 2.18. The van der Waals surface area contributed by atoms with Gasteiger partial charge >= 0.3 is 11.9 Å². The SMILES string of the molecule is CCOC(=O)C(C(=O)OCC)C(C)=Nc1ccc(CN2CCOCC2)cc1O. The molecule has 154 valence electrons. The Kier molecular flexibility index (Phi) is 8.41. The first-order chi connectivity index (χ1) is 13.5. The molecular formula is C20H28N2O6. The molecule has 0 aromatic heterocycles. The lowest BCUT2D eigenvalue weighted by Gasteiger charge is -2.26. The van der Waals surface area contributed by atoms with E-state index < -0.39 is 17.9 Å². The van der Waals surface area contributed by atoms with Crippen molar-refractivity contribution in [3.05, 3.63) is 23.8 Å². The second kappa shape index (κ2) is 10.8. The van der Waals surface area contributed by atoms with Crippen molar-refractivity contribution in [2.24, 2.45) is 10.9 Å². The zero-order chi connectivity index (χ0) is 20.5. The van der Waals surface area contributed by atoms with Crippen molar-refractivity contribution >= 4 is 23.3 Å². The minimum atomic E-state index is -1.26. The smallest absolute Gasteiger partial charge is 0.326 e. The summed E-state index contributed by atoms with van der Waals surface area (Å²) in [5, 5.41) is 10.4. The molecule has 1 aromatic rings. The number of phenols is 1. The van der Waals surface area contributed by atoms with Crippen LogP contribution in [0.25, 0.3) is 0 Å². The van der Waals surface area contributed by atoms with Gasteiger partial charge in [0.25, 0.3) is 0 Å². The predicted molar refractivity (Wildman–Crippen MR) is 104 cm³/mol. The van der Waals surface area contributed by atoms with Crippen molar-refractivity contribution in [2.75, 3.05) is 39.5 Å². The maximum Gasteiger partial charge on any atom is 0.326 e. The van der Waals surface area contributed by atoms with Gasteiger partial charge in [-0.2, -0.15) is 0 Å². The number of morpholine rings is 1. The first kappa shape index (κ1) is 21.8. The zero-order valence-electron chi connectivity index (χ0n) is 16.6. The first-order valence-corrected chi connectivity index (χ1v) is 9.46.